The van der Waals surface area contributed by atoms with Crippen LogP contribution in [-0.2, 0) is 30.7 Å². The molecule has 11 heteroatoms. The molecule has 0 radical (unpaired) electrons. The van der Waals surface area contributed by atoms with Crippen molar-refractivity contribution in [1.29, 1.82) is 0 Å². The first-order valence-corrected chi connectivity index (χ1v) is 12.4. The van der Waals surface area contributed by atoms with Gasteiger partial charge in [0.1, 0.15) is 11.4 Å². The lowest BCUT2D eigenvalue weighted by Crippen LogP contribution is -2.36. The number of nitrogens with one attached hydrogen (secondary N) is 1. The van der Waals surface area contributed by atoms with Crippen LogP contribution in [0.1, 0.15) is 51.3 Å². The molecule has 1 unspecified atom stereocenters. The van der Waals surface area contributed by atoms with E-state index in [2.05, 4.69) is 0 Å². The van der Waals surface area contributed by atoms with E-state index in [0.717, 1.165) is 0 Å². The minimum Gasteiger partial charge on any atom is -0.474 e. The van der Waals surface area contributed by atoms with Gasteiger partial charge in [-0.3, -0.25) is 0 Å². The highest BCUT2D eigenvalue weighted by atomic mass is 32.2. The third-order valence-corrected chi connectivity index (χ3v) is 6.15. The molecule has 0 aliphatic carbocycles. The number of hydrogen-bond acceptors (Lipinski definition) is 9. The van der Waals surface area contributed by atoms with Gasteiger partial charge >= 0.3 is 12.1 Å². The van der Waals surface area contributed by atoms with Crippen LogP contribution in [-0.4, -0.2) is 40.0 Å². The van der Waals surface area contributed by atoms with Crippen molar-refractivity contribution in [2.45, 2.75) is 57.1 Å². The smallest absolute Gasteiger partial charge is 0.421 e. The fourth-order valence-electron chi connectivity index (χ4n) is 3.33. The number of sulfonamides is 1. The van der Waals surface area contributed by atoms with Gasteiger partial charge < -0.3 is 23.7 Å². The zero-order chi connectivity index (χ0) is 25.8. The van der Waals surface area contributed by atoms with E-state index in [4.69, 9.17) is 23.7 Å². The number of benzene rings is 2. The van der Waals surface area contributed by atoms with Gasteiger partial charge in [-0.1, -0.05) is 19.4 Å². The summed E-state index contributed by atoms with van der Waals surface area (Å²) in [6.45, 7) is 6.88. The number of rotatable bonds is 8. The number of esters is 1. The van der Waals surface area contributed by atoms with Crippen LogP contribution in [0.4, 0.5) is 4.79 Å². The summed E-state index contributed by atoms with van der Waals surface area (Å²) in [4.78, 5) is 24.4. The second-order valence-electron chi connectivity index (χ2n) is 8.76. The molecule has 0 saturated heterocycles. The van der Waals surface area contributed by atoms with Gasteiger partial charge in [-0.2, -0.15) is 0 Å². The van der Waals surface area contributed by atoms with Crippen LogP contribution in [0.5, 0.6) is 17.2 Å². The molecule has 0 fully saturated rings. The summed E-state index contributed by atoms with van der Waals surface area (Å²) in [6.07, 6.45) is -1.08. The van der Waals surface area contributed by atoms with Crippen molar-refractivity contribution in [2.75, 3.05) is 13.9 Å². The van der Waals surface area contributed by atoms with Crippen molar-refractivity contribution in [3.63, 3.8) is 0 Å². The predicted octanol–water partition coefficient (Wildman–Crippen LogP) is 3.87. The van der Waals surface area contributed by atoms with E-state index < -0.39 is 33.8 Å². The summed E-state index contributed by atoms with van der Waals surface area (Å²) >= 11 is 0. The Balaban J connectivity index is 1.90. The number of ether oxygens (including phenoxy) is 5. The van der Waals surface area contributed by atoms with Gasteiger partial charge in [0.25, 0.3) is 10.0 Å². The van der Waals surface area contributed by atoms with Crippen LogP contribution in [0.15, 0.2) is 41.3 Å². The molecule has 1 heterocycles. The molecule has 190 valence electrons. The first kappa shape index (κ1) is 26.1. The fraction of sp³-hybridized carbons (Fsp3) is 0.417. The predicted molar refractivity (Wildman–Crippen MR) is 125 cm³/mol. The number of aryl methyl sites for hydroxylation is 1. The van der Waals surface area contributed by atoms with Crippen molar-refractivity contribution < 1.29 is 41.7 Å². The van der Waals surface area contributed by atoms with Gasteiger partial charge in [-0.05, 0) is 63.1 Å². The lowest BCUT2D eigenvalue weighted by molar-refractivity contribution is -0.149. The molecule has 10 nitrogen and oxygen atoms in total. The zero-order valence-corrected chi connectivity index (χ0v) is 21.1. The maximum absolute atomic E-state index is 12.8. The molecule has 3 rings (SSSR count). The highest BCUT2D eigenvalue weighted by molar-refractivity contribution is 7.90. The number of fused-ring (bicyclic) bond motifs is 1. The lowest BCUT2D eigenvalue weighted by Gasteiger charge is -2.21. The highest BCUT2D eigenvalue weighted by Crippen LogP contribution is 2.36. The normalized spacial score (nSPS) is 13.6. The first-order chi connectivity index (χ1) is 16.4. The fourth-order valence-corrected chi connectivity index (χ4v) is 4.26. The average Bonchev–Trinajstić information content (AvgIpc) is 3.24. The summed E-state index contributed by atoms with van der Waals surface area (Å²) in [5.74, 6) is 0.685. The number of amides is 1. The van der Waals surface area contributed by atoms with E-state index in [1.807, 2.05) is 11.6 Å². The van der Waals surface area contributed by atoms with E-state index in [0.29, 0.717) is 41.2 Å². The average molecular weight is 508 g/mol. The topological polar surface area (TPSA) is 126 Å². The molecule has 0 saturated carbocycles. The molecule has 1 aliphatic heterocycles. The maximum Gasteiger partial charge on any atom is 0.421 e. The van der Waals surface area contributed by atoms with E-state index in [9.17, 15) is 18.0 Å². The third kappa shape index (κ3) is 6.56. The summed E-state index contributed by atoms with van der Waals surface area (Å²) < 4.78 is 54.1. The van der Waals surface area contributed by atoms with Crippen molar-refractivity contribution >= 4 is 22.1 Å². The minimum absolute atomic E-state index is 0.0798. The molecule has 1 amide bonds. The van der Waals surface area contributed by atoms with Gasteiger partial charge in [0.2, 0.25) is 12.9 Å². The molecular weight excluding hydrogens is 478 g/mol. The number of methoxy groups -OCH3 is 1. The summed E-state index contributed by atoms with van der Waals surface area (Å²) in [6, 6.07) is 9.10. The molecule has 0 spiro atoms. The molecule has 2 aromatic rings. The summed E-state index contributed by atoms with van der Waals surface area (Å²) in [5, 5.41) is 0. The SMILES string of the molecule is CCCc1cc(S(=O)(=O)NC(=O)OC(C)(C)C)ccc1OC(C(=O)OC)c1ccc2c(c1)OCO2. The number of carbonyl (C=O) groups is 2. The van der Waals surface area contributed by atoms with Crippen LogP contribution in [0, 0.1) is 0 Å². The van der Waals surface area contributed by atoms with Crippen LogP contribution in [0.3, 0.4) is 0 Å². The molecule has 2 aromatic carbocycles. The minimum atomic E-state index is -4.20. The molecule has 0 aromatic heterocycles. The largest absolute Gasteiger partial charge is 0.474 e. The Morgan fingerprint density at radius 3 is 2.46 bits per heavy atom. The van der Waals surface area contributed by atoms with Crippen molar-refractivity contribution in [1.82, 2.24) is 4.72 Å². The Labute approximate surface area is 204 Å². The van der Waals surface area contributed by atoms with Gasteiger partial charge in [-0.15, -0.1) is 0 Å². The van der Waals surface area contributed by atoms with E-state index in [-0.39, 0.29) is 11.7 Å². The summed E-state index contributed by atoms with van der Waals surface area (Å²) in [5.41, 5.74) is 0.156. The van der Waals surface area contributed by atoms with Crippen molar-refractivity contribution in [3.05, 3.63) is 47.5 Å². The van der Waals surface area contributed by atoms with Crippen LogP contribution >= 0.6 is 0 Å². The molecule has 1 N–H and O–H groups in total. The summed E-state index contributed by atoms with van der Waals surface area (Å²) in [7, 11) is -2.95. The molecule has 0 bridgehead atoms. The molecule has 35 heavy (non-hydrogen) atoms. The van der Waals surface area contributed by atoms with Gasteiger partial charge in [0, 0.05) is 5.56 Å². The van der Waals surface area contributed by atoms with Crippen molar-refractivity contribution in [3.8, 4) is 17.2 Å². The van der Waals surface area contributed by atoms with Gasteiger partial charge in [-0.25, -0.2) is 22.7 Å². The van der Waals surface area contributed by atoms with Crippen LogP contribution < -0.4 is 18.9 Å². The quantitative estimate of drug-likeness (QED) is 0.530. The van der Waals surface area contributed by atoms with Gasteiger partial charge in [0.15, 0.2) is 11.5 Å². The Bertz CT molecular complexity index is 1200. The van der Waals surface area contributed by atoms with E-state index in [1.165, 1.54) is 25.3 Å². The molecular formula is C24H29NO9S. The van der Waals surface area contributed by atoms with Gasteiger partial charge in [0.05, 0.1) is 12.0 Å². The van der Waals surface area contributed by atoms with Crippen LogP contribution in [0.2, 0.25) is 0 Å². The Morgan fingerprint density at radius 2 is 1.80 bits per heavy atom. The highest BCUT2D eigenvalue weighted by Gasteiger charge is 2.28. The second-order valence-corrected chi connectivity index (χ2v) is 10.4. The maximum atomic E-state index is 12.8. The lowest BCUT2D eigenvalue weighted by atomic mass is 10.1. The Morgan fingerprint density at radius 1 is 1.09 bits per heavy atom. The number of carbonyl (C=O) groups excluding carboxylic acids is 2. The monoisotopic (exact) mass is 507 g/mol. The van der Waals surface area contributed by atoms with E-state index in [1.54, 1.807) is 39.0 Å². The zero-order valence-electron chi connectivity index (χ0n) is 20.2. The Kier molecular flexibility index (Phi) is 7.79. The second kappa shape index (κ2) is 10.4. The van der Waals surface area contributed by atoms with Crippen LogP contribution in [0.25, 0.3) is 0 Å². The standard InChI is InChI=1S/C24H29NO9S/c1-6-7-15-12-17(35(28,29)25-23(27)34-24(2,3)4)9-11-18(15)33-21(22(26)30-5)16-8-10-19-20(13-16)32-14-31-19/h8-13,21H,6-7,14H2,1-5H3,(H,25,27). The molecule has 1 atom stereocenters. The Hall–Kier alpha value is -3.47. The number of hydrogen-bond donors (Lipinski definition) is 1. The third-order valence-electron chi connectivity index (χ3n) is 4.84. The molecule has 1 aliphatic rings. The first-order valence-electron chi connectivity index (χ1n) is 11.0. The van der Waals surface area contributed by atoms with E-state index >= 15 is 0 Å². The van der Waals surface area contributed by atoms with Crippen molar-refractivity contribution in [2.24, 2.45) is 0 Å².